The fourth-order valence-electron chi connectivity index (χ4n) is 2.82. The Kier molecular flexibility index (Phi) is 5.69. The van der Waals surface area contributed by atoms with Gasteiger partial charge in [-0.25, -0.2) is 0 Å². The third-order valence-corrected chi connectivity index (χ3v) is 6.36. The summed E-state index contributed by atoms with van der Waals surface area (Å²) in [6.45, 7) is 0. The summed E-state index contributed by atoms with van der Waals surface area (Å²) >= 11 is 19.0. The summed E-state index contributed by atoms with van der Waals surface area (Å²) in [6, 6.07) is 16.0. The first-order valence-corrected chi connectivity index (χ1v) is 10.4. The van der Waals surface area contributed by atoms with Gasteiger partial charge in [0.15, 0.2) is 4.32 Å². The molecule has 1 aromatic heterocycles. The predicted molar refractivity (Wildman–Crippen MR) is 123 cm³/mol. The van der Waals surface area contributed by atoms with Crippen LogP contribution in [0.15, 0.2) is 63.9 Å². The number of thioether (sulfide) groups is 1. The van der Waals surface area contributed by atoms with E-state index in [9.17, 15) is 4.79 Å². The summed E-state index contributed by atoms with van der Waals surface area (Å²) in [7, 11) is 1.59. The van der Waals surface area contributed by atoms with Gasteiger partial charge in [0.05, 0.1) is 27.7 Å². The van der Waals surface area contributed by atoms with Crippen molar-refractivity contribution in [3.05, 3.63) is 75.3 Å². The Morgan fingerprint density at radius 2 is 1.86 bits per heavy atom. The van der Waals surface area contributed by atoms with Crippen LogP contribution >= 0.6 is 47.2 Å². The van der Waals surface area contributed by atoms with Gasteiger partial charge in [-0.2, -0.15) is 0 Å². The van der Waals surface area contributed by atoms with Gasteiger partial charge in [0.1, 0.15) is 17.3 Å². The second kappa shape index (κ2) is 8.24. The quantitative estimate of drug-likeness (QED) is 0.320. The maximum Gasteiger partial charge on any atom is 0.270 e. The van der Waals surface area contributed by atoms with Gasteiger partial charge in [0, 0.05) is 11.6 Å². The highest BCUT2D eigenvalue weighted by atomic mass is 35.5. The largest absolute Gasteiger partial charge is 0.497 e. The number of nitrogens with zero attached hydrogens (tertiary/aromatic N) is 1. The second-order valence-corrected chi connectivity index (χ2v) is 8.48. The zero-order valence-corrected chi connectivity index (χ0v) is 18.2. The number of furan rings is 1. The number of benzene rings is 2. The SMILES string of the molecule is COc1ccc(N2C(=O)/C(=C/c3ccc(-c4cccc(Cl)c4Cl)o3)SC2=S)cc1. The molecular formula is C21H13Cl2NO3S2. The van der Waals surface area contributed by atoms with E-state index in [-0.39, 0.29) is 5.91 Å². The Labute approximate surface area is 187 Å². The van der Waals surface area contributed by atoms with Crippen molar-refractivity contribution in [3.63, 3.8) is 0 Å². The molecule has 1 fully saturated rings. The van der Waals surface area contributed by atoms with Crippen LogP contribution in [0.2, 0.25) is 10.0 Å². The Bertz CT molecular complexity index is 1140. The number of amides is 1. The molecule has 0 saturated carbocycles. The van der Waals surface area contributed by atoms with Crippen LogP contribution in [-0.2, 0) is 4.79 Å². The van der Waals surface area contributed by atoms with Crippen LogP contribution in [-0.4, -0.2) is 17.3 Å². The number of carbonyl (C=O) groups excluding carboxylic acids is 1. The standard InChI is InChI=1S/C21H13Cl2NO3S2/c1-26-13-7-5-12(6-8-13)24-20(25)18(29-21(24)28)11-14-9-10-17(27-14)15-3-2-4-16(22)19(15)23/h2-11H,1H3/b18-11-. The van der Waals surface area contributed by atoms with E-state index >= 15 is 0 Å². The number of halogens is 2. The van der Waals surface area contributed by atoms with Gasteiger partial charge >= 0.3 is 0 Å². The zero-order chi connectivity index (χ0) is 20.5. The number of rotatable bonds is 4. The van der Waals surface area contributed by atoms with Gasteiger partial charge < -0.3 is 9.15 Å². The molecule has 29 heavy (non-hydrogen) atoms. The average molecular weight is 462 g/mol. The number of anilines is 1. The molecule has 1 saturated heterocycles. The third kappa shape index (κ3) is 3.94. The molecule has 0 aliphatic carbocycles. The van der Waals surface area contributed by atoms with Crippen molar-refractivity contribution < 1.29 is 13.9 Å². The van der Waals surface area contributed by atoms with E-state index < -0.39 is 0 Å². The number of methoxy groups -OCH3 is 1. The molecular weight excluding hydrogens is 449 g/mol. The summed E-state index contributed by atoms with van der Waals surface area (Å²) in [5, 5.41) is 0.864. The van der Waals surface area contributed by atoms with Crippen molar-refractivity contribution in [2.45, 2.75) is 0 Å². The number of thiocarbonyl (C=S) groups is 1. The highest BCUT2D eigenvalue weighted by Crippen LogP contribution is 2.38. The molecule has 3 aromatic rings. The number of hydrogen-bond acceptors (Lipinski definition) is 5. The second-order valence-electron chi connectivity index (χ2n) is 6.02. The molecule has 8 heteroatoms. The van der Waals surface area contributed by atoms with E-state index in [4.69, 9.17) is 44.6 Å². The van der Waals surface area contributed by atoms with Crippen molar-refractivity contribution in [3.8, 4) is 17.1 Å². The van der Waals surface area contributed by atoms with Crippen LogP contribution in [0.4, 0.5) is 5.69 Å². The fourth-order valence-corrected chi connectivity index (χ4v) is 4.49. The first-order valence-electron chi connectivity index (χ1n) is 8.44. The van der Waals surface area contributed by atoms with Gasteiger partial charge in [-0.05, 0) is 48.5 Å². The highest BCUT2D eigenvalue weighted by Gasteiger charge is 2.33. The monoisotopic (exact) mass is 461 g/mol. The molecule has 0 spiro atoms. The molecule has 0 atom stereocenters. The Morgan fingerprint density at radius 1 is 1.10 bits per heavy atom. The first-order chi connectivity index (χ1) is 14.0. The summed E-state index contributed by atoms with van der Waals surface area (Å²) in [4.78, 5) is 14.9. The number of ether oxygens (including phenoxy) is 1. The topological polar surface area (TPSA) is 42.7 Å². The van der Waals surface area contributed by atoms with Gasteiger partial charge in [0.25, 0.3) is 5.91 Å². The molecule has 2 heterocycles. The summed E-state index contributed by atoms with van der Waals surface area (Å²) in [5.41, 5.74) is 1.37. The molecule has 2 aromatic carbocycles. The van der Waals surface area contributed by atoms with E-state index in [0.29, 0.717) is 47.8 Å². The Hall–Kier alpha value is -2.25. The molecule has 1 amide bonds. The third-order valence-electron chi connectivity index (χ3n) is 4.24. The highest BCUT2D eigenvalue weighted by molar-refractivity contribution is 8.27. The smallest absolute Gasteiger partial charge is 0.270 e. The number of hydrogen-bond donors (Lipinski definition) is 0. The molecule has 0 radical (unpaired) electrons. The minimum Gasteiger partial charge on any atom is -0.497 e. The van der Waals surface area contributed by atoms with E-state index in [1.165, 1.54) is 16.7 Å². The van der Waals surface area contributed by atoms with Crippen LogP contribution in [0.25, 0.3) is 17.4 Å². The molecule has 0 bridgehead atoms. The van der Waals surface area contributed by atoms with Gasteiger partial charge in [-0.15, -0.1) is 0 Å². The van der Waals surface area contributed by atoms with Crippen molar-refractivity contribution in [2.24, 2.45) is 0 Å². The van der Waals surface area contributed by atoms with E-state index in [2.05, 4.69) is 0 Å². The van der Waals surface area contributed by atoms with Gasteiger partial charge in [0.2, 0.25) is 0 Å². The van der Waals surface area contributed by atoms with Gasteiger partial charge in [-0.1, -0.05) is 53.2 Å². The minimum absolute atomic E-state index is 0.205. The first kappa shape index (κ1) is 20.0. The molecule has 0 N–H and O–H groups in total. The lowest BCUT2D eigenvalue weighted by Gasteiger charge is -2.14. The van der Waals surface area contributed by atoms with E-state index in [0.717, 1.165) is 0 Å². The van der Waals surface area contributed by atoms with Crippen LogP contribution in [0, 0.1) is 0 Å². The van der Waals surface area contributed by atoms with Crippen LogP contribution in [0.1, 0.15) is 5.76 Å². The van der Waals surface area contributed by atoms with Crippen molar-refractivity contribution >= 4 is 69.2 Å². The molecule has 1 aliphatic rings. The predicted octanol–water partition coefficient (Wildman–Crippen LogP) is 6.67. The van der Waals surface area contributed by atoms with E-state index in [1.54, 1.807) is 61.7 Å². The Morgan fingerprint density at radius 3 is 2.59 bits per heavy atom. The van der Waals surface area contributed by atoms with Crippen molar-refractivity contribution in [2.75, 3.05) is 12.0 Å². The molecule has 0 unspecified atom stereocenters. The summed E-state index contributed by atoms with van der Waals surface area (Å²) < 4.78 is 11.5. The van der Waals surface area contributed by atoms with Crippen LogP contribution < -0.4 is 9.64 Å². The maximum absolute atomic E-state index is 12.9. The summed E-state index contributed by atoms with van der Waals surface area (Å²) in [5.74, 6) is 1.59. The van der Waals surface area contributed by atoms with Crippen molar-refractivity contribution in [1.82, 2.24) is 0 Å². The summed E-state index contributed by atoms with van der Waals surface area (Å²) in [6.07, 6.45) is 1.67. The van der Waals surface area contributed by atoms with Gasteiger partial charge in [-0.3, -0.25) is 9.69 Å². The normalized spacial score (nSPS) is 15.4. The lowest BCUT2D eigenvalue weighted by atomic mass is 10.2. The van der Waals surface area contributed by atoms with Crippen LogP contribution in [0.5, 0.6) is 5.75 Å². The number of carbonyl (C=O) groups is 1. The lowest BCUT2D eigenvalue weighted by Crippen LogP contribution is -2.27. The van der Waals surface area contributed by atoms with E-state index in [1.807, 2.05) is 6.07 Å². The molecule has 146 valence electrons. The molecule has 1 aliphatic heterocycles. The lowest BCUT2D eigenvalue weighted by molar-refractivity contribution is -0.113. The maximum atomic E-state index is 12.9. The molecule has 4 nitrogen and oxygen atoms in total. The van der Waals surface area contributed by atoms with Crippen molar-refractivity contribution in [1.29, 1.82) is 0 Å². The van der Waals surface area contributed by atoms with Crippen LogP contribution in [0.3, 0.4) is 0 Å². The minimum atomic E-state index is -0.205. The molecule has 4 rings (SSSR count). The zero-order valence-electron chi connectivity index (χ0n) is 15.0. The Balaban J connectivity index is 1.61. The fraction of sp³-hybridized carbons (Fsp3) is 0.0476. The average Bonchev–Trinajstić information content (AvgIpc) is 3.29.